The average molecular weight is 176 g/mol. The summed E-state index contributed by atoms with van der Waals surface area (Å²) in [7, 11) is 0. The molecule has 0 aromatic heterocycles. The van der Waals surface area contributed by atoms with Crippen LogP contribution in [0.25, 0.3) is 0 Å². The first-order chi connectivity index (χ1) is 6.36. The van der Waals surface area contributed by atoms with Gasteiger partial charge in [0.15, 0.2) is 0 Å². The molecule has 1 fully saturated rings. The van der Waals surface area contributed by atoms with Gasteiger partial charge in [0.2, 0.25) is 0 Å². The molecule has 0 aliphatic heterocycles. The molecule has 2 N–H and O–H groups in total. The van der Waals surface area contributed by atoms with Gasteiger partial charge in [0.05, 0.1) is 6.61 Å². The van der Waals surface area contributed by atoms with Crippen LogP contribution < -0.4 is 5.73 Å². The molecule has 1 aromatic carbocycles. The summed E-state index contributed by atoms with van der Waals surface area (Å²) in [6.45, 7) is 0.805. The van der Waals surface area contributed by atoms with Gasteiger partial charge in [-0.1, -0.05) is 24.3 Å². The molecular formula is C11H14NO. The largest absolute Gasteiger partial charge is 0.359 e. The maximum atomic E-state index is 5.83. The molecule has 0 amide bonds. The lowest BCUT2D eigenvalue weighted by Gasteiger charge is -2.12. The summed E-state index contributed by atoms with van der Waals surface area (Å²) in [5.74, 6) is 0.765. The number of hydrogen-bond donors (Lipinski definition) is 1. The van der Waals surface area contributed by atoms with E-state index >= 15 is 0 Å². The second-order valence-corrected chi connectivity index (χ2v) is 3.53. The molecule has 1 atom stereocenters. The van der Waals surface area contributed by atoms with Crippen molar-refractivity contribution in [1.29, 1.82) is 0 Å². The first-order valence-electron chi connectivity index (χ1n) is 4.69. The van der Waals surface area contributed by atoms with E-state index in [1.807, 2.05) is 24.3 Å². The highest BCUT2D eigenvalue weighted by atomic mass is 16.5. The van der Waals surface area contributed by atoms with Crippen LogP contribution >= 0.6 is 0 Å². The molecule has 13 heavy (non-hydrogen) atoms. The third kappa shape index (κ3) is 2.54. The van der Waals surface area contributed by atoms with Crippen molar-refractivity contribution >= 4 is 0 Å². The van der Waals surface area contributed by atoms with E-state index in [1.54, 1.807) is 0 Å². The molecule has 1 radical (unpaired) electrons. The number of rotatable bonds is 4. The van der Waals surface area contributed by atoms with Gasteiger partial charge >= 0.3 is 0 Å². The van der Waals surface area contributed by atoms with Crippen molar-refractivity contribution in [3.8, 4) is 0 Å². The van der Waals surface area contributed by atoms with Gasteiger partial charge in [-0.2, -0.15) is 0 Å². The smallest absolute Gasteiger partial charge is 0.131 e. The van der Waals surface area contributed by atoms with Gasteiger partial charge in [0.1, 0.15) is 6.23 Å². The second-order valence-electron chi connectivity index (χ2n) is 3.53. The Bertz CT molecular complexity index is 256. The SMILES string of the molecule is NC(OCC1CC1)c1cc[c]cc1. The number of nitrogens with two attached hydrogens (primary N) is 1. The third-order valence-electron chi connectivity index (χ3n) is 2.28. The molecule has 1 saturated carbocycles. The fraction of sp³-hybridized carbons (Fsp3) is 0.455. The lowest BCUT2D eigenvalue weighted by molar-refractivity contribution is 0.0496. The fourth-order valence-corrected chi connectivity index (χ4v) is 1.21. The minimum absolute atomic E-state index is 0.268. The molecule has 0 saturated heterocycles. The molecule has 0 bridgehead atoms. The van der Waals surface area contributed by atoms with Crippen molar-refractivity contribution < 1.29 is 4.74 Å². The van der Waals surface area contributed by atoms with E-state index in [0.29, 0.717) is 0 Å². The monoisotopic (exact) mass is 176 g/mol. The van der Waals surface area contributed by atoms with Gasteiger partial charge in [-0.05, 0) is 30.4 Å². The van der Waals surface area contributed by atoms with Crippen LogP contribution in [0.15, 0.2) is 24.3 Å². The summed E-state index contributed by atoms with van der Waals surface area (Å²) >= 11 is 0. The molecule has 1 aliphatic carbocycles. The first kappa shape index (κ1) is 8.73. The van der Waals surface area contributed by atoms with Gasteiger partial charge < -0.3 is 10.5 Å². The third-order valence-corrected chi connectivity index (χ3v) is 2.28. The van der Waals surface area contributed by atoms with Crippen LogP contribution in [0.1, 0.15) is 24.6 Å². The van der Waals surface area contributed by atoms with Gasteiger partial charge in [0.25, 0.3) is 0 Å². The van der Waals surface area contributed by atoms with Crippen LogP contribution in [0.3, 0.4) is 0 Å². The number of ether oxygens (including phenoxy) is 1. The molecule has 69 valence electrons. The van der Waals surface area contributed by atoms with E-state index < -0.39 is 0 Å². The van der Waals surface area contributed by atoms with E-state index in [0.717, 1.165) is 18.1 Å². The zero-order valence-corrected chi connectivity index (χ0v) is 7.57. The molecule has 1 unspecified atom stereocenters. The van der Waals surface area contributed by atoms with E-state index in [-0.39, 0.29) is 6.23 Å². The Morgan fingerprint density at radius 1 is 1.46 bits per heavy atom. The van der Waals surface area contributed by atoms with E-state index in [9.17, 15) is 0 Å². The maximum Gasteiger partial charge on any atom is 0.131 e. The van der Waals surface area contributed by atoms with Crippen molar-refractivity contribution in [1.82, 2.24) is 0 Å². The Labute approximate surface area is 78.7 Å². The van der Waals surface area contributed by atoms with Crippen molar-refractivity contribution in [3.05, 3.63) is 35.9 Å². The number of hydrogen-bond acceptors (Lipinski definition) is 2. The summed E-state index contributed by atoms with van der Waals surface area (Å²) in [6, 6.07) is 10.6. The van der Waals surface area contributed by atoms with Crippen LogP contribution in [-0.2, 0) is 4.74 Å². The summed E-state index contributed by atoms with van der Waals surface area (Å²) in [5.41, 5.74) is 6.86. The van der Waals surface area contributed by atoms with E-state index in [1.165, 1.54) is 12.8 Å². The van der Waals surface area contributed by atoms with Crippen molar-refractivity contribution in [2.45, 2.75) is 19.1 Å². The topological polar surface area (TPSA) is 35.2 Å². The molecule has 2 nitrogen and oxygen atoms in total. The van der Waals surface area contributed by atoms with Crippen molar-refractivity contribution in [3.63, 3.8) is 0 Å². The quantitative estimate of drug-likeness (QED) is 0.711. The van der Waals surface area contributed by atoms with Crippen LogP contribution in [0, 0.1) is 12.0 Å². The molecule has 1 aliphatic rings. The van der Waals surface area contributed by atoms with Crippen LogP contribution in [-0.4, -0.2) is 6.61 Å². The van der Waals surface area contributed by atoms with Crippen molar-refractivity contribution in [2.75, 3.05) is 6.61 Å². The predicted molar refractivity (Wildman–Crippen MR) is 50.9 cm³/mol. The summed E-state index contributed by atoms with van der Waals surface area (Å²) in [4.78, 5) is 0. The summed E-state index contributed by atoms with van der Waals surface area (Å²) < 4.78 is 5.52. The van der Waals surface area contributed by atoms with E-state index in [2.05, 4.69) is 6.07 Å². The van der Waals surface area contributed by atoms with Gasteiger partial charge in [-0.25, -0.2) is 0 Å². The van der Waals surface area contributed by atoms with E-state index in [4.69, 9.17) is 10.5 Å². The minimum atomic E-state index is -0.268. The molecule has 2 rings (SSSR count). The molecule has 1 aromatic rings. The Morgan fingerprint density at radius 2 is 2.15 bits per heavy atom. The Hall–Kier alpha value is -0.860. The first-order valence-corrected chi connectivity index (χ1v) is 4.69. The maximum absolute atomic E-state index is 5.83. The van der Waals surface area contributed by atoms with Crippen LogP contribution in [0.5, 0.6) is 0 Å². The summed E-state index contributed by atoms with van der Waals surface area (Å²) in [5, 5.41) is 0. The highest BCUT2D eigenvalue weighted by molar-refractivity contribution is 5.15. The minimum Gasteiger partial charge on any atom is -0.359 e. The molecular weight excluding hydrogens is 162 g/mol. The highest BCUT2D eigenvalue weighted by Gasteiger charge is 2.22. The zero-order valence-electron chi connectivity index (χ0n) is 7.57. The Balaban J connectivity index is 1.85. The lowest BCUT2D eigenvalue weighted by Crippen LogP contribution is -2.15. The highest BCUT2D eigenvalue weighted by Crippen LogP contribution is 2.30. The van der Waals surface area contributed by atoms with Gasteiger partial charge in [0, 0.05) is 0 Å². The van der Waals surface area contributed by atoms with Gasteiger partial charge in [-0.15, -0.1) is 0 Å². The van der Waals surface area contributed by atoms with Crippen molar-refractivity contribution in [2.24, 2.45) is 11.7 Å². The Kier molecular flexibility index (Phi) is 2.62. The number of benzene rings is 1. The molecule has 2 heteroatoms. The summed E-state index contributed by atoms with van der Waals surface area (Å²) in [6.07, 6.45) is 2.33. The lowest BCUT2D eigenvalue weighted by atomic mass is 10.2. The molecule has 0 heterocycles. The predicted octanol–water partition coefficient (Wildman–Crippen LogP) is 1.87. The van der Waals surface area contributed by atoms with Crippen LogP contribution in [0.4, 0.5) is 0 Å². The van der Waals surface area contributed by atoms with Gasteiger partial charge in [-0.3, -0.25) is 0 Å². The molecule has 0 spiro atoms. The normalized spacial score (nSPS) is 18.5. The van der Waals surface area contributed by atoms with Crippen LogP contribution in [0.2, 0.25) is 0 Å². The fourth-order valence-electron chi connectivity index (χ4n) is 1.21. The average Bonchev–Trinajstić information content (AvgIpc) is 2.99. The zero-order chi connectivity index (χ0) is 9.10. The Morgan fingerprint density at radius 3 is 2.77 bits per heavy atom. The second kappa shape index (κ2) is 3.90. The standard InChI is InChI=1S/C11H14NO/c12-11(13-8-9-6-7-9)10-4-2-1-3-5-10/h2-5,9,11H,6-8,12H2.